The van der Waals surface area contributed by atoms with E-state index in [1.54, 1.807) is 0 Å². The summed E-state index contributed by atoms with van der Waals surface area (Å²) in [5.74, 6) is -2.31. The highest BCUT2D eigenvalue weighted by molar-refractivity contribution is 5.92. The molecule has 0 heterocycles. The van der Waals surface area contributed by atoms with Gasteiger partial charge in [-0.05, 0) is 6.07 Å². The highest BCUT2D eigenvalue weighted by Gasteiger charge is 2.33. The number of aliphatic carboxylic acids is 1. The SMILES string of the molecule is C=C(CC(=O)O)C(=O)OCc1ccccc1C(F)(F)F. The van der Waals surface area contributed by atoms with Crippen LogP contribution < -0.4 is 0 Å². The summed E-state index contributed by atoms with van der Waals surface area (Å²) in [7, 11) is 0. The third-order valence-corrected chi connectivity index (χ3v) is 2.33. The molecule has 20 heavy (non-hydrogen) atoms. The van der Waals surface area contributed by atoms with Crippen LogP contribution in [0.4, 0.5) is 13.2 Å². The first-order valence-electron chi connectivity index (χ1n) is 5.43. The molecule has 0 saturated carbocycles. The number of carboxylic acids is 1. The molecule has 0 fully saturated rings. The van der Waals surface area contributed by atoms with Crippen LogP contribution in [0.25, 0.3) is 0 Å². The van der Waals surface area contributed by atoms with Crippen LogP contribution in [-0.4, -0.2) is 17.0 Å². The van der Waals surface area contributed by atoms with Crippen molar-refractivity contribution in [2.45, 2.75) is 19.2 Å². The van der Waals surface area contributed by atoms with Gasteiger partial charge in [-0.3, -0.25) is 4.79 Å². The molecule has 0 radical (unpaired) electrons. The van der Waals surface area contributed by atoms with Crippen molar-refractivity contribution >= 4 is 11.9 Å². The van der Waals surface area contributed by atoms with E-state index in [-0.39, 0.29) is 11.1 Å². The smallest absolute Gasteiger partial charge is 0.416 e. The summed E-state index contributed by atoms with van der Waals surface area (Å²) in [5.41, 5.74) is -1.45. The van der Waals surface area contributed by atoms with Crippen molar-refractivity contribution < 1.29 is 32.6 Å². The number of hydrogen-bond acceptors (Lipinski definition) is 3. The fourth-order valence-electron chi connectivity index (χ4n) is 1.42. The summed E-state index contributed by atoms with van der Waals surface area (Å²) in [6.45, 7) is 2.60. The summed E-state index contributed by atoms with van der Waals surface area (Å²) in [4.78, 5) is 21.7. The molecular formula is C13H11F3O4. The number of alkyl halides is 3. The predicted molar refractivity (Wildman–Crippen MR) is 62.6 cm³/mol. The maximum atomic E-state index is 12.7. The quantitative estimate of drug-likeness (QED) is 0.668. The first kappa shape index (κ1) is 15.7. The van der Waals surface area contributed by atoms with Gasteiger partial charge in [0, 0.05) is 11.1 Å². The lowest BCUT2D eigenvalue weighted by Crippen LogP contribution is -2.14. The molecule has 0 spiro atoms. The molecule has 1 N–H and O–H groups in total. The van der Waals surface area contributed by atoms with Crippen LogP contribution in [0.5, 0.6) is 0 Å². The van der Waals surface area contributed by atoms with Gasteiger partial charge in [0.2, 0.25) is 0 Å². The van der Waals surface area contributed by atoms with Crippen LogP contribution in [0.2, 0.25) is 0 Å². The zero-order valence-corrected chi connectivity index (χ0v) is 10.2. The number of carbonyl (C=O) groups is 2. The molecule has 0 amide bonds. The van der Waals surface area contributed by atoms with Crippen molar-refractivity contribution in [2.75, 3.05) is 0 Å². The van der Waals surface area contributed by atoms with E-state index in [0.29, 0.717) is 0 Å². The summed E-state index contributed by atoms with van der Waals surface area (Å²) in [6, 6.07) is 4.65. The van der Waals surface area contributed by atoms with Gasteiger partial charge in [-0.2, -0.15) is 13.2 Å². The average Bonchev–Trinajstić information content (AvgIpc) is 2.34. The minimum atomic E-state index is -4.55. The van der Waals surface area contributed by atoms with Crippen molar-refractivity contribution in [3.05, 3.63) is 47.5 Å². The van der Waals surface area contributed by atoms with Gasteiger partial charge in [-0.15, -0.1) is 0 Å². The van der Waals surface area contributed by atoms with Gasteiger partial charge in [-0.1, -0.05) is 24.8 Å². The third-order valence-electron chi connectivity index (χ3n) is 2.33. The predicted octanol–water partition coefficient (Wildman–Crippen LogP) is 2.78. The van der Waals surface area contributed by atoms with Gasteiger partial charge in [-0.25, -0.2) is 4.79 Å². The van der Waals surface area contributed by atoms with Crippen molar-refractivity contribution in [3.8, 4) is 0 Å². The summed E-state index contributed by atoms with van der Waals surface area (Å²) in [6.07, 6.45) is -5.18. The maximum absolute atomic E-state index is 12.7. The summed E-state index contributed by atoms with van der Waals surface area (Å²) in [5, 5.41) is 8.45. The number of carboxylic acid groups (broad SMARTS) is 1. The lowest BCUT2D eigenvalue weighted by Gasteiger charge is -2.13. The second kappa shape index (κ2) is 6.23. The topological polar surface area (TPSA) is 63.6 Å². The monoisotopic (exact) mass is 288 g/mol. The van der Waals surface area contributed by atoms with Crippen LogP contribution in [0.1, 0.15) is 17.5 Å². The highest BCUT2D eigenvalue weighted by atomic mass is 19.4. The number of rotatable bonds is 5. The Morgan fingerprint density at radius 1 is 1.25 bits per heavy atom. The third kappa shape index (κ3) is 4.42. The molecule has 0 unspecified atom stereocenters. The van der Waals surface area contributed by atoms with Crippen molar-refractivity contribution in [1.82, 2.24) is 0 Å². The van der Waals surface area contributed by atoms with Gasteiger partial charge in [0.25, 0.3) is 0 Å². The van der Waals surface area contributed by atoms with Gasteiger partial charge in [0.15, 0.2) is 0 Å². The fraction of sp³-hybridized carbons (Fsp3) is 0.231. The molecule has 4 nitrogen and oxygen atoms in total. The minimum absolute atomic E-state index is 0.212. The largest absolute Gasteiger partial charge is 0.481 e. The molecule has 0 aliphatic carbocycles. The number of ether oxygens (including phenoxy) is 1. The Hall–Kier alpha value is -2.31. The zero-order chi connectivity index (χ0) is 15.3. The molecule has 0 atom stereocenters. The van der Waals surface area contributed by atoms with E-state index in [2.05, 4.69) is 11.3 Å². The Balaban J connectivity index is 2.74. The molecular weight excluding hydrogens is 277 g/mol. The molecule has 0 saturated heterocycles. The highest BCUT2D eigenvalue weighted by Crippen LogP contribution is 2.32. The standard InChI is InChI=1S/C13H11F3O4/c1-8(6-11(17)18)12(19)20-7-9-4-2-3-5-10(9)13(14,15)16/h2-5H,1,6-7H2,(H,17,18). The van der Waals surface area contributed by atoms with Gasteiger partial charge < -0.3 is 9.84 Å². The van der Waals surface area contributed by atoms with E-state index < -0.39 is 36.7 Å². The fourth-order valence-corrected chi connectivity index (χ4v) is 1.42. The Bertz CT molecular complexity index is 535. The van der Waals surface area contributed by atoms with Crippen molar-refractivity contribution in [2.24, 2.45) is 0 Å². The van der Waals surface area contributed by atoms with Crippen LogP contribution in [0.15, 0.2) is 36.4 Å². The second-order valence-corrected chi connectivity index (χ2v) is 3.91. The number of hydrogen-bond donors (Lipinski definition) is 1. The molecule has 0 aliphatic heterocycles. The van der Waals surface area contributed by atoms with Crippen LogP contribution in [0.3, 0.4) is 0 Å². The average molecular weight is 288 g/mol. The molecule has 1 rings (SSSR count). The van der Waals surface area contributed by atoms with Crippen LogP contribution in [0, 0.1) is 0 Å². The van der Waals surface area contributed by atoms with Crippen molar-refractivity contribution in [1.29, 1.82) is 0 Å². The van der Waals surface area contributed by atoms with E-state index in [1.807, 2.05) is 0 Å². The van der Waals surface area contributed by atoms with Gasteiger partial charge in [0.05, 0.1) is 12.0 Å². The number of esters is 1. The van der Waals surface area contributed by atoms with E-state index in [9.17, 15) is 22.8 Å². The normalized spacial score (nSPS) is 10.9. The lowest BCUT2D eigenvalue weighted by atomic mass is 10.1. The van der Waals surface area contributed by atoms with Crippen molar-refractivity contribution in [3.63, 3.8) is 0 Å². The molecule has 0 aliphatic rings. The zero-order valence-electron chi connectivity index (χ0n) is 10.2. The van der Waals surface area contributed by atoms with E-state index >= 15 is 0 Å². The minimum Gasteiger partial charge on any atom is -0.481 e. The molecule has 1 aromatic carbocycles. The number of halogens is 3. The van der Waals surface area contributed by atoms with Gasteiger partial charge >= 0.3 is 18.1 Å². The van der Waals surface area contributed by atoms with Crippen LogP contribution in [-0.2, 0) is 27.1 Å². The van der Waals surface area contributed by atoms with Gasteiger partial charge in [0.1, 0.15) is 6.61 Å². The van der Waals surface area contributed by atoms with E-state index in [1.165, 1.54) is 18.2 Å². The molecule has 108 valence electrons. The number of benzene rings is 1. The first-order valence-corrected chi connectivity index (χ1v) is 5.43. The molecule has 7 heteroatoms. The molecule has 0 aromatic heterocycles. The summed E-state index contributed by atoms with van der Waals surface area (Å²) < 4.78 is 42.6. The number of carbonyl (C=O) groups excluding carboxylic acids is 1. The Labute approximate surface area is 112 Å². The maximum Gasteiger partial charge on any atom is 0.416 e. The molecule has 0 bridgehead atoms. The Morgan fingerprint density at radius 3 is 2.40 bits per heavy atom. The van der Waals surface area contributed by atoms with Crippen LogP contribution >= 0.6 is 0 Å². The second-order valence-electron chi connectivity index (χ2n) is 3.91. The Kier molecular flexibility index (Phi) is 4.90. The first-order chi connectivity index (χ1) is 9.21. The molecule has 1 aromatic rings. The van der Waals surface area contributed by atoms with E-state index in [4.69, 9.17) is 5.11 Å². The summed E-state index contributed by atoms with van der Waals surface area (Å²) >= 11 is 0. The van der Waals surface area contributed by atoms with E-state index in [0.717, 1.165) is 6.07 Å². The lowest BCUT2D eigenvalue weighted by molar-refractivity contribution is -0.145. The Morgan fingerprint density at radius 2 is 1.85 bits per heavy atom.